The average molecular weight is 480 g/mol. The van der Waals surface area contributed by atoms with Gasteiger partial charge in [-0.15, -0.1) is 0 Å². The van der Waals surface area contributed by atoms with E-state index >= 15 is 0 Å². The van der Waals surface area contributed by atoms with Gasteiger partial charge in [0.2, 0.25) is 10.0 Å². The highest BCUT2D eigenvalue weighted by atomic mass is 32.2. The van der Waals surface area contributed by atoms with Crippen molar-refractivity contribution in [1.29, 1.82) is 0 Å². The van der Waals surface area contributed by atoms with Gasteiger partial charge in [0, 0.05) is 24.7 Å². The first-order valence-electron chi connectivity index (χ1n) is 11.1. The molecule has 1 amide bonds. The molecule has 1 aromatic carbocycles. The van der Waals surface area contributed by atoms with Crippen LogP contribution in [0.5, 0.6) is 0 Å². The Hall–Kier alpha value is -3.50. The number of pyridine rings is 1. The quantitative estimate of drug-likeness (QED) is 0.455. The number of fused-ring (bicyclic) bond motifs is 1. The Morgan fingerprint density at radius 2 is 2.03 bits per heavy atom. The van der Waals surface area contributed by atoms with Crippen LogP contribution in [-0.4, -0.2) is 58.8 Å². The molecule has 3 aromatic heterocycles. The van der Waals surface area contributed by atoms with Gasteiger partial charge in [0.15, 0.2) is 5.65 Å². The molecule has 1 aliphatic heterocycles. The number of carbonyl (C=O) groups excluding carboxylic acids is 1. The van der Waals surface area contributed by atoms with E-state index in [4.69, 9.17) is 9.40 Å². The van der Waals surface area contributed by atoms with Gasteiger partial charge >= 0.3 is 0 Å². The molecule has 4 aromatic rings. The van der Waals surface area contributed by atoms with Gasteiger partial charge in [0.25, 0.3) is 5.91 Å². The van der Waals surface area contributed by atoms with Crippen molar-refractivity contribution < 1.29 is 17.6 Å². The molecule has 1 fully saturated rings. The number of aromatic nitrogens is 3. The topological polar surface area (TPSA) is 110 Å². The van der Waals surface area contributed by atoms with Crippen LogP contribution in [0.15, 0.2) is 65.4 Å². The number of hydrogen-bond donors (Lipinski definition) is 1. The van der Waals surface area contributed by atoms with Crippen molar-refractivity contribution in [3.05, 3.63) is 72.3 Å². The lowest BCUT2D eigenvalue weighted by Gasteiger charge is -2.31. The fourth-order valence-corrected chi connectivity index (χ4v) is 5.19. The van der Waals surface area contributed by atoms with Gasteiger partial charge in [-0.05, 0) is 31.0 Å². The second-order valence-corrected chi connectivity index (χ2v) is 10.5. The van der Waals surface area contributed by atoms with Gasteiger partial charge in [-0.3, -0.25) is 4.79 Å². The van der Waals surface area contributed by atoms with Crippen molar-refractivity contribution >= 4 is 27.0 Å². The summed E-state index contributed by atoms with van der Waals surface area (Å²) in [4.78, 5) is 18.2. The molecule has 0 radical (unpaired) electrons. The molecule has 34 heavy (non-hydrogen) atoms. The van der Waals surface area contributed by atoms with Crippen molar-refractivity contribution in [2.45, 2.75) is 25.4 Å². The van der Waals surface area contributed by atoms with Gasteiger partial charge in [-0.1, -0.05) is 30.3 Å². The van der Waals surface area contributed by atoms with Gasteiger partial charge in [0.05, 0.1) is 35.4 Å². The molecule has 0 bridgehead atoms. The molecule has 0 spiro atoms. The van der Waals surface area contributed by atoms with Crippen molar-refractivity contribution in [3.63, 3.8) is 0 Å². The molecule has 1 atom stereocenters. The van der Waals surface area contributed by atoms with Gasteiger partial charge in [0.1, 0.15) is 12.3 Å². The third-order valence-electron chi connectivity index (χ3n) is 6.00. The number of nitrogens with zero attached hydrogens (tertiary/aromatic N) is 4. The fourth-order valence-electron chi connectivity index (χ4n) is 4.28. The first kappa shape index (κ1) is 22.3. The SMILES string of the molecule is CS(=O)(=O)N1CCCC(NC(=O)c2cc(-c3ccccc3)nc3c2cnn3Cc2ccco2)C1. The zero-order valence-electron chi connectivity index (χ0n) is 18.7. The Morgan fingerprint density at radius 3 is 2.76 bits per heavy atom. The Labute approximate surface area is 197 Å². The van der Waals surface area contributed by atoms with Crippen LogP contribution in [0.2, 0.25) is 0 Å². The number of rotatable bonds is 6. The summed E-state index contributed by atoms with van der Waals surface area (Å²) in [6.45, 7) is 1.12. The van der Waals surface area contributed by atoms with Crippen LogP contribution in [0.1, 0.15) is 29.0 Å². The minimum atomic E-state index is -3.31. The first-order chi connectivity index (χ1) is 16.4. The molecule has 1 saturated heterocycles. The lowest BCUT2D eigenvalue weighted by molar-refractivity contribution is 0.0923. The molecule has 1 unspecified atom stereocenters. The van der Waals surface area contributed by atoms with Crippen LogP contribution in [0.4, 0.5) is 0 Å². The fraction of sp³-hybridized carbons (Fsp3) is 0.292. The third kappa shape index (κ3) is 4.59. The summed E-state index contributed by atoms with van der Waals surface area (Å²) in [7, 11) is -3.31. The molecule has 1 aliphatic rings. The maximum atomic E-state index is 13.4. The van der Waals surface area contributed by atoms with E-state index < -0.39 is 10.0 Å². The van der Waals surface area contributed by atoms with Gasteiger partial charge < -0.3 is 9.73 Å². The Bertz CT molecular complexity index is 1410. The lowest BCUT2D eigenvalue weighted by atomic mass is 10.0. The molecular weight excluding hydrogens is 454 g/mol. The molecule has 1 N–H and O–H groups in total. The minimum Gasteiger partial charge on any atom is -0.467 e. The largest absolute Gasteiger partial charge is 0.467 e. The van der Waals surface area contributed by atoms with E-state index in [1.165, 1.54) is 10.6 Å². The van der Waals surface area contributed by atoms with Crippen molar-refractivity contribution in [1.82, 2.24) is 24.4 Å². The highest BCUT2D eigenvalue weighted by Gasteiger charge is 2.28. The second-order valence-electron chi connectivity index (χ2n) is 8.47. The molecule has 176 valence electrons. The van der Waals surface area contributed by atoms with E-state index in [1.54, 1.807) is 23.2 Å². The van der Waals surface area contributed by atoms with E-state index in [1.807, 2.05) is 42.5 Å². The number of amides is 1. The maximum absolute atomic E-state index is 13.4. The summed E-state index contributed by atoms with van der Waals surface area (Å²) < 4.78 is 32.6. The number of carbonyl (C=O) groups is 1. The van der Waals surface area contributed by atoms with Crippen LogP contribution in [0, 0.1) is 0 Å². The van der Waals surface area contributed by atoms with Gasteiger partial charge in [-0.2, -0.15) is 5.10 Å². The Kier molecular flexibility index (Phi) is 5.93. The number of piperidine rings is 1. The molecule has 0 saturated carbocycles. The normalized spacial score (nSPS) is 17.1. The van der Waals surface area contributed by atoms with E-state index in [9.17, 15) is 13.2 Å². The zero-order chi connectivity index (χ0) is 23.7. The predicted molar refractivity (Wildman–Crippen MR) is 128 cm³/mol. The number of furan rings is 1. The van der Waals surface area contributed by atoms with Crippen molar-refractivity contribution in [2.75, 3.05) is 19.3 Å². The number of hydrogen-bond acceptors (Lipinski definition) is 6. The molecule has 4 heterocycles. The standard InChI is InChI=1S/C24H25N5O4S/c1-34(31,32)28-11-5-9-18(15-28)26-24(30)20-13-22(17-7-3-2-4-8-17)27-23-21(20)14-25-29(23)16-19-10-6-12-33-19/h2-4,6-8,10,12-14,18H,5,9,11,15-16H2,1H3,(H,26,30). The summed E-state index contributed by atoms with van der Waals surface area (Å²) >= 11 is 0. The van der Waals surface area contributed by atoms with E-state index in [0.29, 0.717) is 41.8 Å². The summed E-state index contributed by atoms with van der Waals surface area (Å²) in [6.07, 6.45) is 5.85. The average Bonchev–Trinajstić information content (AvgIpc) is 3.49. The Morgan fingerprint density at radius 1 is 1.21 bits per heavy atom. The molecular formula is C24H25N5O4S. The first-order valence-corrected chi connectivity index (χ1v) is 12.9. The Balaban J connectivity index is 1.51. The van der Waals surface area contributed by atoms with Crippen LogP contribution in [0.3, 0.4) is 0 Å². The summed E-state index contributed by atoms with van der Waals surface area (Å²) in [6, 6.07) is 14.8. The van der Waals surface area contributed by atoms with E-state index in [2.05, 4.69) is 10.4 Å². The predicted octanol–water partition coefficient (Wildman–Crippen LogP) is 2.89. The van der Waals surface area contributed by atoms with Crippen LogP contribution in [0.25, 0.3) is 22.3 Å². The molecule has 0 aliphatic carbocycles. The number of nitrogens with one attached hydrogen (secondary N) is 1. The lowest BCUT2D eigenvalue weighted by Crippen LogP contribution is -2.49. The molecule has 10 heteroatoms. The van der Waals surface area contributed by atoms with E-state index in [0.717, 1.165) is 17.7 Å². The highest BCUT2D eigenvalue weighted by Crippen LogP contribution is 2.26. The number of benzene rings is 1. The van der Waals surface area contributed by atoms with Gasteiger partial charge in [-0.25, -0.2) is 22.4 Å². The van der Waals surface area contributed by atoms with Crippen LogP contribution in [-0.2, 0) is 16.6 Å². The molecule has 5 rings (SSSR count). The highest BCUT2D eigenvalue weighted by molar-refractivity contribution is 7.88. The monoisotopic (exact) mass is 479 g/mol. The number of sulfonamides is 1. The zero-order valence-corrected chi connectivity index (χ0v) is 19.5. The van der Waals surface area contributed by atoms with Crippen molar-refractivity contribution in [3.8, 4) is 11.3 Å². The van der Waals surface area contributed by atoms with Crippen LogP contribution < -0.4 is 5.32 Å². The minimum absolute atomic E-state index is 0.266. The second kappa shape index (κ2) is 9.03. The third-order valence-corrected chi connectivity index (χ3v) is 7.27. The summed E-state index contributed by atoms with van der Waals surface area (Å²) in [5.41, 5.74) is 2.56. The molecule has 9 nitrogen and oxygen atoms in total. The van der Waals surface area contributed by atoms with Crippen molar-refractivity contribution in [2.24, 2.45) is 0 Å². The van der Waals surface area contributed by atoms with E-state index in [-0.39, 0.29) is 18.5 Å². The van der Waals surface area contributed by atoms with Crippen LogP contribution >= 0.6 is 0 Å². The maximum Gasteiger partial charge on any atom is 0.252 e. The summed E-state index contributed by atoms with van der Waals surface area (Å²) in [5.74, 6) is 0.452. The summed E-state index contributed by atoms with van der Waals surface area (Å²) in [5, 5.41) is 8.12. The smallest absolute Gasteiger partial charge is 0.252 e.